The lowest BCUT2D eigenvalue weighted by molar-refractivity contribution is -0.00429. The van der Waals surface area contributed by atoms with E-state index in [1.807, 2.05) is 0 Å². The molecule has 116 valence electrons. The monoisotopic (exact) mass is 298 g/mol. The van der Waals surface area contributed by atoms with E-state index in [0.29, 0.717) is 12.0 Å². The van der Waals surface area contributed by atoms with Gasteiger partial charge in [-0.2, -0.15) is 0 Å². The van der Waals surface area contributed by atoms with Crippen LogP contribution in [0.2, 0.25) is 0 Å². The number of likely N-dealkylation sites (tertiary alicyclic amines) is 1. The molecule has 2 N–H and O–H groups in total. The Balaban J connectivity index is 1.82. The van der Waals surface area contributed by atoms with Crippen molar-refractivity contribution in [3.05, 3.63) is 35.4 Å². The first-order chi connectivity index (χ1) is 10.7. The first-order valence-corrected chi connectivity index (χ1v) is 8.18. The van der Waals surface area contributed by atoms with Crippen molar-refractivity contribution in [1.29, 1.82) is 0 Å². The Bertz CT molecular complexity index is 686. The van der Waals surface area contributed by atoms with Crippen LogP contribution < -0.4 is 15.2 Å². The van der Waals surface area contributed by atoms with Crippen LogP contribution in [0, 0.1) is 5.92 Å². The van der Waals surface area contributed by atoms with Crippen LogP contribution in [0.4, 0.5) is 0 Å². The quantitative estimate of drug-likeness (QED) is 0.798. The molecule has 1 aromatic carbocycles. The van der Waals surface area contributed by atoms with Gasteiger partial charge in [-0.15, -0.1) is 0 Å². The van der Waals surface area contributed by atoms with E-state index >= 15 is 0 Å². The first-order valence-electron chi connectivity index (χ1n) is 8.18. The van der Waals surface area contributed by atoms with Crippen LogP contribution in [0.15, 0.2) is 24.3 Å². The number of piperidine rings is 1. The molecule has 4 aliphatic rings. The number of nitrogens with two attached hydrogens (primary N) is 1. The van der Waals surface area contributed by atoms with Gasteiger partial charge in [0.2, 0.25) is 0 Å². The Morgan fingerprint density at radius 3 is 3.05 bits per heavy atom. The maximum atomic E-state index is 6.43. The number of hydrogen-bond donors (Lipinski definition) is 1. The topological polar surface area (TPSA) is 47.7 Å². The molecule has 0 unspecified atom stereocenters. The van der Waals surface area contributed by atoms with E-state index in [0.717, 1.165) is 30.9 Å². The molecule has 2 bridgehead atoms. The smallest absolute Gasteiger partial charge is 0.165 e. The molecule has 1 aromatic rings. The SMILES string of the molecule is COc1ccc2c3c1O[C@H]1[C@H](N)C=C[C@H]4[C@@H](C2)N(C)CC[C@@]341. The Kier molecular flexibility index (Phi) is 2.39. The lowest BCUT2D eigenvalue weighted by Gasteiger charge is -2.56. The molecule has 1 fully saturated rings. The van der Waals surface area contributed by atoms with Crippen LogP contribution >= 0.6 is 0 Å². The fourth-order valence-electron chi connectivity index (χ4n) is 5.45. The van der Waals surface area contributed by atoms with Crippen molar-refractivity contribution in [2.45, 2.75) is 36.4 Å². The number of rotatable bonds is 1. The standard InChI is InChI=1S/C18H22N2O2/c1-20-8-7-18-11-4-5-12(19)17(18)22-16-14(21-2)6-3-10(15(16)18)9-13(11)20/h3-6,11-13,17H,7-9,19H2,1-2H3/t11-,12+,13+,17-,18-/m0/s1. The lowest BCUT2D eigenvalue weighted by Crippen LogP contribution is -2.65. The van der Waals surface area contributed by atoms with Crippen molar-refractivity contribution in [3.8, 4) is 11.5 Å². The van der Waals surface area contributed by atoms with Gasteiger partial charge in [0, 0.05) is 22.9 Å². The average molecular weight is 298 g/mol. The van der Waals surface area contributed by atoms with E-state index in [-0.39, 0.29) is 17.6 Å². The van der Waals surface area contributed by atoms with Gasteiger partial charge in [-0.25, -0.2) is 0 Å². The van der Waals surface area contributed by atoms with Crippen LogP contribution in [0.25, 0.3) is 0 Å². The summed E-state index contributed by atoms with van der Waals surface area (Å²) in [7, 11) is 3.97. The predicted molar refractivity (Wildman–Crippen MR) is 84.4 cm³/mol. The summed E-state index contributed by atoms with van der Waals surface area (Å²) in [6.45, 7) is 1.11. The van der Waals surface area contributed by atoms with Crippen molar-refractivity contribution >= 4 is 0 Å². The van der Waals surface area contributed by atoms with E-state index in [4.69, 9.17) is 15.2 Å². The van der Waals surface area contributed by atoms with Crippen LogP contribution in [0.3, 0.4) is 0 Å². The first kappa shape index (κ1) is 13.0. The second kappa shape index (κ2) is 4.06. The number of likely N-dealkylation sites (N-methyl/N-ethyl adjacent to an activating group) is 1. The molecule has 5 rings (SSSR count). The van der Waals surface area contributed by atoms with E-state index in [1.54, 1.807) is 7.11 Å². The van der Waals surface area contributed by atoms with Crippen molar-refractivity contribution < 1.29 is 9.47 Å². The summed E-state index contributed by atoms with van der Waals surface area (Å²) in [4.78, 5) is 2.51. The molecule has 4 nitrogen and oxygen atoms in total. The predicted octanol–water partition coefficient (Wildman–Crippen LogP) is 1.47. The van der Waals surface area contributed by atoms with E-state index in [1.165, 1.54) is 11.1 Å². The molecule has 0 amide bonds. The molecule has 4 heteroatoms. The van der Waals surface area contributed by atoms with Gasteiger partial charge in [0.15, 0.2) is 11.5 Å². The molecule has 22 heavy (non-hydrogen) atoms. The minimum atomic E-state index is -0.0386. The molecule has 1 spiro atoms. The summed E-state index contributed by atoms with van der Waals surface area (Å²) in [5.41, 5.74) is 9.29. The van der Waals surface area contributed by atoms with Crippen molar-refractivity contribution in [2.75, 3.05) is 20.7 Å². The van der Waals surface area contributed by atoms with E-state index in [9.17, 15) is 0 Å². The molecular weight excluding hydrogens is 276 g/mol. The van der Waals surface area contributed by atoms with Gasteiger partial charge in [-0.3, -0.25) is 0 Å². The average Bonchev–Trinajstić information content (AvgIpc) is 2.88. The normalized spacial score (nSPS) is 41.0. The molecule has 0 aromatic heterocycles. The Labute approximate surface area is 130 Å². The molecule has 2 aliphatic carbocycles. The highest BCUT2D eigenvalue weighted by atomic mass is 16.5. The summed E-state index contributed by atoms with van der Waals surface area (Å²) in [6.07, 6.45) is 6.76. The van der Waals surface area contributed by atoms with Gasteiger partial charge in [-0.1, -0.05) is 18.2 Å². The molecule has 2 heterocycles. The van der Waals surface area contributed by atoms with Crippen LogP contribution in [0.1, 0.15) is 17.5 Å². The van der Waals surface area contributed by atoms with Gasteiger partial charge in [-0.05, 0) is 38.1 Å². The van der Waals surface area contributed by atoms with Gasteiger partial charge in [0.25, 0.3) is 0 Å². The maximum absolute atomic E-state index is 6.43. The number of nitrogens with zero attached hydrogens (tertiary/aromatic N) is 1. The number of hydrogen-bond acceptors (Lipinski definition) is 4. The third-order valence-corrected chi connectivity index (χ3v) is 6.42. The van der Waals surface area contributed by atoms with Crippen LogP contribution in [0.5, 0.6) is 11.5 Å². The zero-order valence-electron chi connectivity index (χ0n) is 13.1. The maximum Gasteiger partial charge on any atom is 0.165 e. The largest absolute Gasteiger partial charge is 0.493 e. The highest BCUT2D eigenvalue weighted by Gasteiger charge is 2.63. The van der Waals surface area contributed by atoms with Crippen molar-refractivity contribution in [1.82, 2.24) is 4.90 Å². The van der Waals surface area contributed by atoms with Gasteiger partial charge in [0.05, 0.1) is 13.2 Å². The fourth-order valence-corrected chi connectivity index (χ4v) is 5.45. The molecule has 1 saturated heterocycles. The third-order valence-electron chi connectivity index (χ3n) is 6.42. The zero-order valence-corrected chi connectivity index (χ0v) is 13.1. The second-order valence-corrected chi connectivity index (χ2v) is 7.20. The van der Waals surface area contributed by atoms with Crippen LogP contribution in [-0.4, -0.2) is 43.8 Å². The number of benzene rings is 1. The van der Waals surface area contributed by atoms with Gasteiger partial charge >= 0.3 is 0 Å². The minimum Gasteiger partial charge on any atom is -0.493 e. The van der Waals surface area contributed by atoms with Crippen molar-refractivity contribution in [2.24, 2.45) is 11.7 Å². The van der Waals surface area contributed by atoms with E-state index in [2.05, 4.69) is 36.2 Å². The summed E-state index contributed by atoms with van der Waals surface area (Å²) >= 11 is 0. The molecular formula is C18H22N2O2. The Morgan fingerprint density at radius 1 is 1.36 bits per heavy atom. The highest BCUT2D eigenvalue weighted by Crippen LogP contribution is 2.62. The second-order valence-electron chi connectivity index (χ2n) is 7.20. The Morgan fingerprint density at radius 2 is 2.23 bits per heavy atom. The summed E-state index contributed by atoms with van der Waals surface area (Å²) < 4.78 is 12.0. The van der Waals surface area contributed by atoms with Crippen LogP contribution in [-0.2, 0) is 11.8 Å². The Hall–Kier alpha value is -1.52. The highest BCUT2D eigenvalue weighted by molar-refractivity contribution is 5.62. The molecule has 0 saturated carbocycles. The van der Waals surface area contributed by atoms with Crippen molar-refractivity contribution in [3.63, 3.8) is 0 Å². The third kappa shape index (κ3) is 1.28. The van der Waals surface area contributed by atoms with Gasteiger partial charge < -0.3 is 20.1 Å². The fraction of sp³-hybridized carbons (Fsp3) is 0.556. The van der Waals surface area contributed by atoms with Gasteiger partial charge in [0.1, 0.15) is 6.10 Å². The molecule has 5 atom stereocenters. The zero-order chi connectivity index (χ0) is 15.1. The number of methoxy groups -OCH3 is 1. The van der Waals surface area contributed by atoms with E-state index < -0.39 is 0 Å². The summed E-state index contributed by atoms with van der Waals surface area (Å²) in [5.74, 6) is 2.31. The molecule has 0 radical (unpaired) electrons. The number of ether oxygens (including phenoxy) is 2. The molecule has 2 aliphatic heterocycles. The lowest BCUT2D eigenvalue weighted by atomic mass is 9.53. The summed E-state index contributed by atoms with van der Waals surface area (Å²) in [6, 6.07) is 4.80. The minimum absolute atomic E-state index is 0.0386. The summed E-state index contributed by atoms with van der Waals surface area (Å²) in [5, 5.41) is 0.